The number of hydrogen-bond donors (Lipinski definition) is 3. The molecule has 0 unspecified atom stereocenters. The molecule has 0 spiro atoms. The second-order valence-electron chi connectivity index (χ2n) is 27.7. The Bertz CT molecular complexity index is 3960. The number of halogens is 3. The second kappa shape index (κ2) is 60.9. The summed E-state index contributed by atoms with van der Waals surface area (Å²) < 4.78 is 60.7. The van der Waals surface area contributed by atoms with Crippen molar-refractivity contribution in [2.45, 2.75) is 103 Å². The van der Waals surface area contributed by atoms with Crippen LogP contribution in [-0.2, 0) is 52.2 Å². The van der Waals surface area contributed by atoms with E-state index in [1.165, 1.54) is 17.4 Å². The van der Waals surface area contributed by atoms with E-state index in [0.29, 0.717) is 143 Å². The van der Waals surface area contributed by atoms with Crippen molar-refractivity contribution in [1.29, 1.82) is 15.8 Å². The van der Waals surface area contributed by atoms with E-state index < -0.39 is 29.9 Å². The number of hydrogen-bond acceptors (Lipinski definition) is 24. The third-order valence-corrected chi connectivity index (χ3v) is 19.0. The van der Waals surface area contributed by atoms with Crippen LogP contribution in [0.15, 0.2) is 131 Å². The van der Waals surface area contributed by atoms with Gasteiger partial charge in [0, 0.05) is 95.3 Å². The van der Waals surface area contributed by atoms with Gasteiger partial charge >= 0.3 is 24.2 Å². The third-order valence-electron chi connectivity index (χ3n) is 17.1. The average Bonchev–Trinajstić information content (AvgIpc) is 1.68. The van der Waals surface area contributed by atoms with Gasteiger partial charge in [0.1, 0.15) is 65.3 Å². The summed E-state index contributed by atoms with van der Waals surface area (Å²) >= 11 is 18.5. The Labute approximate surface area is 714 Å². The number of para-hydroxylation sites is 3. The monoisotopic (exact) mass is 1700 g/mol. The number of nitrogens with zero attached hydrogens (tertiary/aromatic N) is 8. The highest BCUT2D eigenvalue weighted by Gasteiger charge is 2.21. The second-order valence-corrected chi connectivity index (χ2v) is 29.9. The Morgan fingerprint density at radius 2 is 0.797 bits per heavy atom. The predicted molar refractivity (Wildman–Crippen MR) is 470 cm³/mol. The number of aromatic nitrogens is 2. The van der Waals surface area contributed by atoms with Crippen LogP contribution in [0, 0.1) is 34.0 Å². The molecule has 7 rings (SSSR count). The minimum Gasteiger partial charge on any atom is -0.456 e. The fourth-order valence-corrected chi connectivity index (χ4v) is 12.2. The van der Waals surface area contributed by atoms with E-state index in [1.54, 1.807) is 39.0 Å². The van der Waals surface area contributed by atoms with Crippen molar-refractivity contribution in [3.63, 3.8) is 0 Å². The van der Waals surface area contributed by atoms with Crippen LogP contribution in [0.3, 0.4) is 0 Å². The molecule has 7 aromatic rings. The van der Waals surface area contributed by atoms with Gasteiger partial charge in [-0.05, 0) is 155 Å². The van der Waals surface area contributed by atoms with Crippen LogP contribution in [0.5, 0.6) is 0 Å². The zero-order chi connectivity index (χ0) is 85.1. The van der Waals surface area contributed by atoms with Crippen molar-refractivity contribution in [1.82, 2.24) is 25.9 Å². The molecule has 0 radical (unpaired) electrons. The molecule has 0 aliphatic carbocycles. The SMILES string of the molecule is CN(CCOC(=O)NCCOCCOCCCCCCCl)c1ccc(/C=C(\C#N)C(=O)OC(C)(C)C)cc1.CN(CCOC(=O)NCCOCCOCCCCCCCl)c1ccc(/C=C(\C#N)c2nc3ccccc3o2)cc1.CN(CCOC(=O)NCCOCCOCCCCCCCl)c1ccc(/C=C(\C#N)c2nc3ccccc3s2)cc1. The molecule has 3 N–H and O–H groups in total. The number of carbonyl (C=O) groups excluding carboxylic acids is 4. The maximum Gasteiger partial charge on any atom is 0.407 e. The number of ether oxygens (including phenoxy) is 10. The van der Waals surface area contributed by atoms with Crippen LogP contribution in [-0.4, -0.2) is 217 Å². The van der Waals surface area contributed by atoms with Gasteiger partial charge in [0.05, 0.1) is 94.9 Å². The minimum atomic E-state index is -0.675. The average molecular weight is 1710 g/mol. The summed E-state index contributed by atoms with van der Waals surface area (Å²) in [7, 11) is 5.73. The number of nitrogens with one attached hydrogen (secondary N) is 3. The van der Waals surface area contributed by atoms with E-state index >= 15 is 0 Å². The Hall–Kier alpha value is -9.54. The van der Waals surface area contributed by atoms with E-state index in [1.807, 2.05) is 157 Å². The highest BCUT2D eigenvalue weighted by Crippen LogP contribution is 2.29. The number of rotatable bonds is 54. The summed E-state index contributed by atoms with van der Waals surface area (Å²) in [6, 6.07) is 44.5. The molecule has 3 amide bonds. The number of fused-ring (bicyclic) bond motifs is 2. The van der Waals surface area contributed by atoms with Crippen LogP contribution in [0.25, 0.3) is 50.7 Å². The number of likely N-dealkylation sites (N-methyl/N-ethyl adjacent to an activating group) is 3. The highest BCUT2D eigenvalue weighted by molar-refractivity contribution is 7.19. The maximum atomic E-state index is 12.1. The molecular weight excluding hydrogens is 1590 g/mol. The predicted octanol–water partition coefficient (Wildman–Crippen LogP) is 17.2. The number of unbranched alkanes of at least 4 members (excludes halogenated alkanes) is 9. The molecule has 0 saturated carbocycles. The standard InChI is InChI=1S/C30H37ClN4O5.C30H37ClN4O4S.C28H42ClN3O6/c2*1-35(16-19-39-30(36)33-15-18-38-21-20-37-17-7-3-2-6-14-31)26-12-10-24(11-13-26)22-25(23-32)29-34-27-8-4-5-9-28(27)40-29;1-28(2,3)38-26(33)24(22-30)21-23-9-11-25(12-10-23)32(4)15-18-37-27(34)31-14-17-36-20-19-35-16-8-6-5-7-13-29/h2*4-5,8-13,22H,2-3,6-7,14-21H2,1H3,(H,33,36);9-12,21H,5-8,13-20H2,1-4H3,(H,31,34)/b2*25-22+;24-21+. The first kappa shape index (κ1) is 99.0. The number of benzene rings is 5. The number of anilines is 3. The maximum absolute atomic E-state index is 12.1. The Balaban J connectivity index is 0.000000316. The molecule has 26 nitrogen and oxygen atoms in total. The zero-order valence-corrected chi connectivity index (χ0v) is 72.1. The lowest BCUT2D eigenvalue weighted by Gasteiger charge is -2.20. The van der Waals surface area contributed by atoms with Gasteiger partial charge in [0.2, 0.25) is 5.89 Å². The van der Waals surface area contributed by atoms with E-state index in [-0.39, 0.29) is 25.4 Å². The molecule has 0 atom stereocenters. The first-order valence-corrected chi connectivity index (χ1v) is 42.4. The molecule has 0 bridgehead atoms. The molecule has 118 heavy (non-hydrogen) atoms. The largest absolute Gasteiger partial charge is 0.456 e. The number of thiazole rings is 1. The molecular formula is C88H116Cl3N11O15S. The van der Waals surface area contributed by atoms with Crippen molar-refractivity contribution in [2.24, 2.45) is 0 Å². The number of alkyl halides is 3. The molecule has 640 valence electrons. The van der Waals surface area contributed by atoms with Crippen LogP contribution >= 0.6 is 46.1 Å². The van der Waals surface area contributed by atoms with Crippen LogP contribution < -0.4 is 30.7 Å². The smallest absolute Gasteiger partial charge is 0.407 e. The summed E-state index contributed by atoms with van der Waals surface area (Å²) in [6.07, 6.45) is 16.7. The highest BCUT2D eigenvalue weighted by atomic mass is 35.5. The van der Waals surface area contributed by atoms with Crippen LogP contribution in [0.1, 0.15) is 125 Å². The lowest BCUT2D eigenvalue weighted by atomic mass is 10.1. The summed E-state index contributed by atoms with van der Waals surface area (Å²) in [4.78, 5) is 62.7. The molecule has 30 heteroatoms. The first-order valence-electron chi connectivity index (χ1n) is 40.0. The summed E-state index contributed by atoms with van der Waals surface area (Å²) in [5, 5.41) is 37.3. The Kier molecular flexibility index (Phi) is 51.1. The first-order chi connectivity index (χ1) is 57.4. The number of alkyl carbamates (subject to hydrolysis) is 3. The Morgan fingerprint density at radius 3 is 1.17 bits per heavy atom. The Morgan fingerprint density at radius 1 is 0.432 bits per heavy atom. The number of nitriles is 3. The van der Waals surface area contributed by atoms with Crippen molar-refractivity contribution >= 4 is 138 Å². The lowest BCUT2D eigenvalue weighted by Crippen LogP contribution is -2.31. The van der Waals surface area contributed by atoms with Crippen molar-refractivity contribution in [3.8, 4) is 18.2 Å². The summed E-state index contributed by atoms with van der Waals surface area (Å²) in [5.74, 6) is 1.80. The number of amides is 3. The van der Waals surface area contributed by atoms with Gasteiger partial charge in [-0.15, -0.1) is 46.1 Å². The summed E-state index contributed by atoms with van der Waals surface area (Å²) in [6.45, 7) is 15.1. The number of allylic oxidation sites excluding steroid dienone is 2. The zero-order valence-electron chi connectivity index (χ0n) is 69.0. The number of oxazole rings is 1. The third kappa shape index (κ3) is 43.2. The molecule has 0 aliphatic rings. The topological polar surface area (TPSA) is 317 Å². The van der Waals surface area contributed by atoms with Gasteiger partial charge in [-0.3, -0.25) is 0 Å². The van der Waals surface area contributed by atoms with Crippen molar-refractivity contribution in [3.05, 3.63) is 154 Å². The van der Waals surface area contributed by atoms with Gasteiger partial charge in [-0.2, -0.15) is 15.8 Å². The van der Waals surface area contributed by atoms with Gasteiger partial charge < -0.3 is 82.4 Å². The van der Waals surface area contributed by atoms with Crippen LogP contribution in [0.2, 0.25) is 0 Å². The van der Waals surface area contributed by atoms with E-state index in [4.69, 9.17) is 86.6 Å². The van der Waals surface area contributed by atoms with Gasteiger partial charge in [0.25, 0.3) is 0 Å². The minimum absolute atomic E-state index is 0.0660. The fraction of sp³-hybridized carbons (Fsp3) is 0.489. The normalized spacial score (nSPS) is 11.4. The fourth-order valence-electron chi connectivity index (χ4n) is 10.7. The molecule has 0 aliphatic heterocycles. The van der Waals surface area contributed by atoms with Gasteiger partial charge in [-0.25, -0.2) is 29.1 Å². The number of esters is 1. The summed E-state index contributed by atoms with van der Waals surface area (Å²) in [5.41, 5.74) is 7.67. The molecule has 0 fully saturated rings. The van der Waals surface area contributed by atoms with Crippen molar-refractivity contribution < 1.29 is 71.0 Å². The van der Waals surface area contributed by atoms with Gasteiger partial charge in [0.15, 0.2) is 5.58 Å². The van der Waals surface area contributed by atoms with Crippen LogP contribution in [0.4, 0.5) is 31.4 Å². The van der Waals surface area contributed by atoms with E-state index in [0.717, 1.165) is 147 Å². The van der Waals surface area contributed by atoms with Gasteiger partial charge in [-0.1, -0.05) is 99.2 Å². The van der Waals surface area contributed by atoms with Crippen molar-refractivity contribution in [2.75, 3.05) is 192 Å². The van der Waals surface area contributed by atoms with E-state index in [2.05, 4.69) is 38.1 Å². The molecule has 5 aromatic carbocycles. The number of carbonyl (C=O) groups is 4. The lowest BCUT2D eigenvalue weighted by molar-refractivity contribution is -0.149. The van der Waals surface area contributed by atoms with E-state index in [9.17, 15) is 35.0 Å². The quantitative estimate of drug-likeness (QED) is 0.00796. The molecule has 2 heterocycles. The molecule has 0 saturated heterocycles. The molecule has 2 aromatic heterocycles.